The summed E-state index contributed by atoms with van der Waals surface area (Å²) in [6, 6.07) is 0. The molecule has 19 heavy (non-hydrogen) atoms. The van der Waals surface area contributed by atoms with Crippen molar-refractivity contribution in [3.63, 3.8) is 0 Å². The lowest BCUT2D eigenvalue weighted by atomic mass is 10.2. The number of rotatable bonds is 6. The number of aryl methyl sites for hydroxylation is 1. The van der Waals surface area contributed by atoms with E-state index in [1.165, 1.54) is 0 Å². The first-order chi connectivity index (χ1) is 9.24. The van der Waals surface area contributed by atoms with Gasteiger partial charge in [0, 0.05) is 19.0 Å². The van der Waals surface area contributed by atoms with E-state index in [4.69, 9.17) is 4.52 Å². The third kappa shape index (κ3) is 3.18. The molecule has 0 aliphatic carbocycles. The maximum atomic E-state index is 4.93. The summed E-state index contributed by atoms with van der Waals surface area (Å²) >= 11 is 0. The molecule has 0 saturated carbocycles. The molecule has 0 spiro atoms. The summed E-state index contributed by atoms with van der Waals surface area (Å²) in [5.74, 6) is 2.84. The van der Waals surface area contributed by atoms with Crippen LogP contribution in [0, 0.1) is 6.92 Å². The minimum absolute atomic E-state index is 0.479. The van der Waals surface area contributed by atoms with Crippen molar-refractivity contribution in [1.29, 1.82) is 0 Å². The maximum Gasteiger partial charge on any atom is 0.223 e. The van der Waals surface area contributed by atoms with Gasteiger partial charge in [-0.3, -0.25) is 0 Å². The predicted molar refractivity (Wildman–Crippen MR) is 71.9 cm³/mol. The number of aromatic nitrogens is 4. The summed E-state index contributed by atoms with van der Waals surface area (Å²) in [6.45, 7) is 7.18. The van der Waals surface area contributed by atoms with Gasteiger partial charge >= 0.3 is 0 Å². The molecule has 2 aromatic heterocycles. The fraction of sp³-hybridized carbons (Fsp3) is 0.500. The third-order valence-electron chi connectivity index (χ3n) is 2.63. The molecule has 0 atom stereocenters. The second kappa shape index (κ2) is 6.12. The monoisotopic (exact) mass is 262 g/mol. The number of hydrogen-bond acceptors (Lipinski definition) is 7. The fourth-order valence-electron chi connectivity index (χ4n) is 1.80. The van der Waals surface area contributed by atoms with Crippen LogP contribution in [0.3, 0.4) is 0 Å². The highest BCUT2D eigenvalue weighted by Gasteiger charge is 2.10. The van der Waals surface area contributed by atoms with Crippen LogP contribution in [0.5, 0.6) is 0 Å². The topological polar surface area (TPSA) is 88.8 Å². The average Bonchev–Trinajstić information content (AvgIpc) is 2.83. The maximum absolute atomic E-state index is 4.93. The zero-order valence-electron chi connectivity index (χ0n) is 11.4. The largest absolute Gasteiger partial charge is 0.370 e. The van der Waals surface area contributed by atoms with E-state index in [1.54, 1.807) is 13.3 Å². The molecule has 7 heteroatoms. The van der Waals surface area contributed by atoms with Gasteiger partial charge < -0.3 is 15.2 Å². The van der Waals surface area contributed by atoms with Crippen LogP contribution in [0.2, 0.25) is 0 Å². The number of anilines is 2. The van der Waals surface area contributed by atoms with E-state index in [9.17, 15) is 0 Å². The molecule has 0 bridgehead atoms. The molecule has 0 aromatic carbocycles. The molecule has 2 aromatic rings. The number of nitrogens with one attached hydrogen (secondary N) is 2. The summed E-state index contributed by atoms with van der Waals surface area (Å²) in [6.07, 6.45) is 2.39. The van der Waals surface area contributed by atoms with E-state index in [0.717, 1.165) is 30.2 Å². The van der Waals surface area contributed by atoms with Gasteiger partial charge in [0.25, 0.3) is 0 Å². The van der Waals surface area contributed by atoms with Gasteiger partial charge in [-0.05, 0) is 13.3 Å². The Balaban J connectivity index is 2.13. The second-order valence-corrected chi connectivity index (χ2v) is 4.02. The van der Waals surface area contributed by atoms with Gasteiger partial charge in [-0.15, -0.1) is 0 Å². The highest BCUT2D eigenvalue weighted by atomic mass is 16.5. The van der Waals surface area contributed by atoms with Gasteiger partial charge in [0.2, 0.25) is 5.89 Å². The lowest BCUT2D eigenvalue weighted by molar-refractivity contribution is 0.388. The van der Waals surface area contributed by atoms with E-state index in [1.807, 2.05) is 6.92 Å². The summed E-state index contributed by atoms with van der Waals surface area (Å²) < 4.78 is 4.93. The van der Waals surface area contributed by atoms with Gasteiger partial charge in [0.05, 0.1) is 6.54 Å². The Bertz CT molecular complexity index is 539. The van der Waals surface area contributed by atoms with E-state index in [-0.39, 0.29) is 0 Å². The van der Waals surface area contributed by atoms with Gasteiger partial charge in [-0.2, -0.15) is 4.98 Å². The van der Waals surface area contributed by atoms with Crippen molar-refractivity contribution in [3.05, 3.63) is 23.6 Å². The van der Waals surface area contributed by atoms with Crippen LogP contribution in [0.25, 0.3) is 0 Å². The molecule has 2 rings (SSSR count). The van der Waals surface area contributed by atoms with E-state index in [2.05, 4.69) is 37.7 Å². The van der Waals surface area contributed by atoms with E-state index < -0.39 is 0 Å². The Labute approximate surface area is 111 Å². The molecule has 0 amide bonds. The summed E-state index contributed by atoms with van der Waals surface area (Å²) in [5, 5.41) is 10.3. The minimum atomic E-state index is 0.479. The van der Waals surface area contributed by atoms with Crippen LogP contribution < -0.4 is 10.6 Å². The van der Waals surface area contributed by atoms with Crippen molar-refractivity contribution in [3.8, 4) is 0 Å². The molecular weight excluding hydrogens is 244 g/mol. The first-order valence-electron chi connectivity index (χ1n) is 6.35. The lowest BCUT2D eigenvalue weighted by Gasteiger charge is -2.12. The van der Waals surface area contributed by atoms with Crippen LogP contribution in [0.4, 0.5) is 11.6 Å². The normalized spacial score (nSPS) is 10.5. The SMILES string of the molecule is CCNc1ncnc(NCc2noc(C)n2)c1CC. The highest BCUT2D eigenvalue weighted by molar-refractivity contribution is 5.57. The Morgan fingerprint density at radius 2 is 1.89 bits per heavy atom. The molecule has 7 nitrogen and oxygen atoms in total. The molecule has 0 fully saturated rings. The van der Waals surface area contributed by atoms with Gasteiger partial charge in [-0.1, -0.05) is 12.1 Å². The van der Waals surface area contributed by atoms with Crippen LogP contribution in [-0.4, -0.2) is 26.7 Å². The molecule has 0 aliphatic heterocycles. The quantitative estimate of drug-likeness (QED) is 0.820. The molecule has 0 unspecified atom stereocenters. The number of nitrogens with zero attached hydrogens (tertiary/aromatic N) is 4. The molecule has 2 N–H and O–H groups in total. The molecule has 102 valence electrons. The predicted octanol–water partition coefficient (Wildman–Crippen LogP) is 1.77. The average molecular weight is 262 g/mol. The summed E-state index contributed by atoms with van der Waals surface area (Å²) in [7, 11) is 0. The molecule has 0 saturated heterocycles. The Kier molecular flexibility index (Phi) is 4.27. The van der Waals surface area contributed by atoms with Crippen LogP contribution in [0.1, 0.15) is 31.1 Å². The van der Waals surface area contributed by atoms with Crippen molar-refractivity contribution in [1.82, 2.24) is 20.1 Å². The van der Waals surface area contributed by atoms with Crippen LogP contribution in [0.15, 0.2) is 10.9 Å². The zero-order valence-corrected chi connectivity index (χ0v) is 11.4. The van der Waals surface area contributed by atoms with Crippen molar-refractivity contribution in [2.45, 2.75) is 33.7 Å². The van der Waals surface area contributed by atoms with Crippen LogP contribution in [-0.2, 0) is 13.0 Å². The zero-order chi connectivity index (χ0) is 13.7. The first-order valence-corrected chi connectivity index (χ1v) is 6.35. The minimum Gasteiger partial charge on any atom is -0.370 e. The third-order valence-corrected chi connectivity index (χ3v) is 2.63. The molecule has 0 radical (unpaired) electrons. The smallest absolute Gasteiger partial charge is 0.223 e. The second-order valence-electron chi connectivity index (χ2n) is 4.02. The van der Waals surface area contributed by atoms with Crippen molar-refractivity contribution < 1.29 is 4.52 Å². The highest BCUT2D eigenvalue weighted by Crippen LogP contribution is 2.20. The fourth-order valence-corrected chi connectivity index (χ4v) is 1.80. The lowest BCUT2D eigenvalue weighted by Crippen LogP contribution is -2.10. The Hall–Kier alpha value is -2.18. The number of hydrogen-bond donors (Lipinski definition) is 2. The summed E-state index contributed by atoms with van der Waals surface area (Å²) in [5.41, 5.74) is 1.06. The van der Waals surface area contributed by atoms with Gasteiger partial charge in [0.1, 0.15) is 18.0 Å². The standard InChI is InChI=1S/C12H18N6O/c1-4-9-11(13-5-2)15-7-16-12(9)14-6-10-17-8(3)19-18-10/h7H,4-6H2,1-3H3,(H2,13,14,15,16). The van der Waals surface area contributed by atoms with Gasteiger partial charge in [-0.25, -0.2) is 9.97 Å². The first kappa shape index (κ1) is 13.3. The molecular formula is C12H18N6O. The van der Waals surface area contributed by atoms with E-state index in [0.29, 0.717) is 18.3 Å². The Morgan fingerprint density at radius 1 is 1.16 bits per heavy atom. The van der Waals surface area contributed by atoms with Gasteiger partial charge in [0.15, 0.2) is 5.82 Å². The summed E-state index contributed by atoms with van der Waals surface area (Å²) in [4.78, 5) is 12.7. The van der Waals surface area contributed by atoms with Crippen molar-refractivity contribution >= 4 is 11.6 Å². The van der Waals surface area contributed by atoms with E-state index >= 15 is 0 Å². The Morgan fingerprint density at radius 3 is 2.47 bits per heavy atom. The van der Waals surface area contributed by atoms with Crippen molar-refractivity contribution in [2.75, 3.05) is 17.2 Å². The molecule has 0 aliphatic rings. The van der Waals surface area contributed by atoms with Crippen molar-refractivity contribution in [2.24, 2.45) is 0 Å². The van der Waals surface area contributed by atoms with Crippen LogP contribution >= 0.6 is 0 Å². The molecule has 2 heterocycles.